The lowest BCUT2D eigenvalue weighted by Crippen LogP contribution is -2.16. The molecule has 0 fully saturated rings. The molecule has 0 aliphatic heterocycles. The normalized spacial score (nSPS) is 12.6. The maximum absolute atomic E-state index is 5.38. The number of furan rings is 1. The third-order valence-corrected chi connectivity index (χ3v) is 2.25. The molecule has 0 saturated carbocycles. The van der Waals surface area contributed by atoms with Gasteiger partial charge in [0.15, 0.2) is 0 Å². The van der Waals surface area contributed by atoms with E-state index < -0.39 is 0 Å². The van der Waals surface area contributed by atoms with Crippen LogP contribution in [0, 0.1) is 0 Å². The van der Waals surface area contributed by atoms with Gasteiger partial charge in [0.05, 0.1) is 12.3 Å². The fourth-order valence-corrected chi connectivity index (χ4v) is 1.57. The van der Waals surface area contributed by atoms with Crippen LogP contribution in [-0.2, 0) is 0 Å². The molecule has 2 aromatic rings. The van der Waals surface area contributed by atoms with Crippen LogP contribution in [0.25, 0.3) is 0 Å². The first-order valence-electron chi connectivity index (χ1n) is 4.67. The highest BCUT2D eigenvalue weighted by Crippen LogP contribution is 2.21. The van der Waals surface area contributed by atoms with Crippen LogP contribution in [0.5, 0.6) is 0 Å². The highest BCUT2D eigenvalue weighted by molar-refractivity contribution is 5.26. The smallest absolute Gasteiger partial charge is 0.125 e. The number of benzene rings is 1. The number of nitrogens with one attached hydrogen (secondary N) is 1. The van der Waals surface area contributed by atoms with Crippen LogP contribution in [0.1, 0.15) is 17.4 Å². The molecular weight excluding hydrogens is 174 g/mol. The first-order valence-corrected chi connectivity index (χ1v) is 4.67. The molecule has 0 spiro atoms. The van der Waals surface area contributed by atoms with Crippen molar-refractivity contribution in [1.29, 1.82) is 0 Å². The van der Waals surface area contributed by atoms with Crippen molar-refractivity contribution in [3.05, 3.63) is 60.1 Å². The Morgan fingerprint density at radius 2 is 1.86 bits per heavy atom. The second-order valence-corrected chi connectivity index (χ2v) is 3.15. The molecule has 0 radical (unpaired) electrons. The van der Waals surface area contributed by atoms with Crippen molar-refractivity contribution in [3.8, 4) is 0 Å². The van der Waals surface area contributed by atoms with Gasteiger partial charge in [-0.25, -0.2) is 0 Å². The SMILES string of the molecule is CNC(c1ccccc1)c1ccco1. The zero-order valence-electron chi connectivity index (χ0n) is 8.10. The molecule has 2 nitrogen and oxygen atoms in total. The lowest BCUT2D eigenvalue weighted by atomic mass is 10.1. The molecule has 72 valence electrons. The van der Waals surface area contributed by atoms with Crippen LogP contribution in [0.15, 0.2) is 53.1 Å². The van der Waals surface area contributed by atoms with E-state index in [2.05, 4.69) is 17.4 Å². The molecule has 1 N–H and O–H groups in total. The lowest BCUT2D eigenvalue weighted by molar-refractivity contribution is 0.463. The first-order chi connectivity index (χ1) is 6.92. The minimum absolute atomic E-state index is 0.145. The summed E-state index contributed by atoms with van der Waals surface area (Å²) in [4.78, 5) is 0. The summed E-state index contributed by atoms with van der Waals surface area (Å²) in [5.41, 5.74) is 1.21. The number of hydrogen-bond acceptors (Lipinski definition) is 2. The quantitative estimate of drug-likeness (QED) is 0.799. The van der Waals surface area contributed by atoms with Gasteiger partial charge < -0.3 is 9.73 Å². The minimum Gasteiger partial charge on any atom is -0.467 e. The fourth-order valence-electron chi connectivity index (χ4n) is 1.57. The van der Waals surface area contributed by atoms with Gasteiger partial charge in [-0.1, -0.05) is 30.3 Å². The molecule has 2 heteroatoms. The summed E-state index contributed by atoms with van der Waals surface area (Å²) in [6, 6.07) is 14.3. The van der Waals surface area contributed by atoms with Crippen molar-refractivity contribution >= 4 is 0 Å². The van der Waals surface area contributed by atoms with E-state index in [-0.39, 0.29) is 6.04 Å². The summed E-state index contributed by atoms with van der Waals surface area (Å²) in [5, 5.41) is 3.23. The summed E-state index contributed by atoms with van der Waals surface area (Å²) < 4.78 is 5.38. The summed E-state index contributed by atoms with van der Waals surface area (Å²) in [5.74, 6) is 0.943. The predicted octanol–water partition coefficient (Wildman–Crippen LogP) is 2.59. The average molecular weight is 187 g/mol. The highest BCUT2D eigenvalue weighted by Gasteiger charge is 2.13. The Hall–Kier alpha value is -1.54. The lowest BCUT2D eigenvalue weighted by Gasteiger charge is -2.13. The van der Waals surface area contributed by atoms with Gasteiger partial charge in [-0.05, 0) is 24.7 Å². The summed E-state index contributed by atoms with van der Waals surface area (Å²) >= 11 is 0. The molecule has 14 heavy (non-hydrogen) atoms. The Morgan fingerprint density at radius 3 is 2.43 bits per heavy atom. The minimum atomic E-state index is 0.145. The monoisotopic (exact) mass is 187 g/mol. The molecule has 1 heterocycles. The van der Waals surface area contributed by atoms with Gasteiger partial charge >= 0.3 is 0 Å². The van der Waals surface area contributed by atoms with Gasteiger partial charge in [0.1, 0.15) is 5.76 Å². The van der Waals surface area contributed by atoms with Crippen molar-refractivity contribution < 1.29 is 4.42 Å². The second-order valence-electron chi connectivity index (χ2n) is 3.15. The molecular formula is C12H13NO. The van der Waals surface area contributed by atoms with Crippen LogP contribution in [0.4, 0.5) is 0 Å². The van der Waals surface area contributed by atoms with Gasteiger partial charge in [0, 0.05) is 0 Å². The van der Waals surface area contributed by atoms with E-state index >= 15 is 0 Å². The van der Waals surface area contributed by atoms with Crippen LogP contribution in [0.3, 0.4) is 0 Å². The van der Waals surface area contributed by atoms with Crippen molar-refractivity contribution in [2.45, 2.75) is 6.04 Å². The maximum Gasteiger partial charge on any atom is 0.125 e. The molecule has 2 rings (SSSR count). The molecule has 1 unspecified atom stereocenters. The van der Waals surface area contributed by atoms with Gasteiger partial charge in [0.25, 0.3) is 0 Å². The highest BCUT2D eigenvalue weighted by atomic mass is 16.3. The fraction of sp³-hybridized carbons (Fsp3) is 0.167. The van der Waals surface area contributed by atoms with Gasteiger partial charge in [-0.3, -0.25) is 0 Å². The third kappa shape index (κ3) is 1.70. The molecule has 0 saturated heterocycles. The summed E-state index contributed by atoms with van der Waals surface area (Å²) in [7, 11) is 1.93. The van der Waals surface area contributed by atoms with E-state index in [1.807, 2.05) is 37.4 Å². The second kappa shape index (κ2) is 4.11. The van der Waals surface area contributed by atoms with E-state index in [4.69, 9.17) is 4.42 Å². The maximum atomic E-state index is 5.38. The van der Waals surface area contributed by atoms with Crippen molar-refractivity contribution in [1.82, 2.24) is 5.32 Å². The molecule has 0 aliphatic rings. The van der Waals surface area contributed by atoms with Crippen LogP contribution in [-0.4, -0.2) is 7.05 Å². The van der Waals surface area contributed by atoms with Crippen LogP contribution in [0.2, 0.25) is 0 Å². The van der Waals surface area contributed by atoms with Crippen molar-refractivity contribution in [2.75, 3.05) is 7.05 Å². The average Bonchev–Trinajstić information content (AvgIpc) is 2.74. The summed E-state index contributed by atoms with van der Waals surface area (Å²) in [6.07, 6.45) is 1.70. The Morgan fingerprint density at radius 1 is 1.07 bits per heavy atom. The molecule has 0 aliphatic carbocycles. The van der Waals surface area contributed by atoms with E-state index in [0.717, 1.165) is 5.76 Å². The zero-order chi connectivity index (χ0) is 9.80. The van der Waals surface area contributed by atoms with Crippen molar-refractivity contribution in [2.24, 2.45) is 0 Å². The van der Waals surface area contributed by atoms with E-state index in [9.17, 15) is 0 Å². The Labute approximate surface area is 83.6 Å². The van der Waals surface area contributed by atoms with E-state index in [0.29, 0.717) is 0 Å². The van der Waals surface area contributed by atoms with Crippen molar-refractivity contribution in [3.63, 3.8) is 0 Å². The number of hydrogen-bond donors (Lipinski definition) is 1. The Kier molecular flexibility index (Phi) is 2.65. The van der Waals surface area contributed by atoms with E-state index in [1.54, 1.807) is 6.26 Å². The summed E-state index contributed by atoms with van der Waals surface area (Å²) in [6.45, 7) is 0. The standard InChI is InChI=1S/C12H13NO/c1-13-12(11-8-5-9-14-11)10-6-3-2-4-7-10/h2-9,12-13H,1H3. The molecule has 0 bridgehead atoms. The van der Waals surface area contributed by atoms with E-state index in [1.165, 1.54) is 5.56 Å². The predicted molar refractivity (Wildman–Crippen MR) is 56.1 cm³/mol. The van der Waals surface area contributed by atoms with Gasteiger partial charge in [-0.15, -0.1) is 0 Å². The van der Waals surface area contributed by atoms with Gasteiger partial charge in [-0.2, -0.15) is 0 Å². The molecule has 1 aromatic heterocycles. The Bertz CT molecular complexity index is 366. The third-order valence-electron chi connectivity index (χ3n) is 2.25. The van der Waals surface area contributed by atoms with Crippen LogP contribution < -0.4 is 5.32 Å². The Balaban J connectivity index is 2.31. The first kappa shape index (κ1) is 9.03. The largest absolute Gasteiger partial charge is 0.467 e. The topological polar surface area (TPSA) is 25.2 Å². The van der Waals surface area contributed by atoms with Crippen LogP contribution >= 0.6 is 0 Å². The number of rotatable bonds is 3. The van der Waals surface area contributed by atoms with Gasteiger partial charge in [0.2, 0.25) is 0 Å². The zero-order valence-corrected chi connectivity index (χ0v) is 8.10. The molecule has 0 amide bonds. The molecule has 1 aromatic carbocycles. The molecule has 1 atom stereocenters.